The molecule has 0 aromatic carbocycles. The van der Waals surface area contributed by atoms with E-state index in [0.29, 0.717) is 0 Å². The molecule has 0 spiro atoms. The van der Waals surface area contributed by atoms with Gasteiger partial charge >= 0.3 is 94.6 Å². The Hall–Kier alpha value is 0.640. The first-order valence-corrected chi connectivity index (χ1v) is 9.90. The van der Waals surface area contributed by atoms with Crippen LogP contribution in [-0.4, -0.2) is 130 Å². The molecule has 0 aliphatic carbocycles. The minimum atomic E-state index is -1.96. The van der Waals surface area contributed by atoms with Gasteiger partial charge < -0.3 is 53.8 Å². The van der Waals surface area contributed by atoms with Crippen molar-refractivity contribution in [3.63, 3.8) is 0 Å². The number of carbonyl (C=O) groups is 4. The van der Waals surface area contributed by atoms with Crippen molar-refractivity contribution in [3.05, 3.63) is 0 Å². The fourth-order valence-corrected chi connectivity index (χ4v) is 2.91. The predicted molar refractivity (Wildman–Crippen MR) is 96.7 cm³/mol. The van der Waals surface area contributed by atoms with Crippen LogP contribution in [0.5, 0.6) is 0 Å². The minimum Gasteiger partial charge on any atom is -0.548 e. The summed E-state index contributed by atoms with van der Waals surface area (Å²) in [6.45, 7) is 0.188. The smallest absolute Gasteiger partial charge is 0.548 e. The monoisotopic (exact) mass is 532 g/mol. The molecule has 14 nitrogen and oxygen atoms in total. The van der Waals surface area contributed by atoms with E-state index in [0.717, 1.165) is 9.80 Å². The van der Waals surface area contributed by atoms with Gasteiger partial charge in [0.1, 0.15) is 6.04 Å². The van der Waals surface area contributed by atoms with Gasteiger partial charge in [-0.3, -0.25) is 14.6 Å². The first-order valence-electron chi connectivity index (χ1n) is 9.90. The molecular weight excluding hydrogens is 505 g/mol. The quantitative estimate of drug-likeness (QED) is 0.250. The van der Waals surface area contributed by atoms with E-state index in [1.807, 2.05) is 0 Å². The van der Waals surface area contributed by atoms with Gasteiger partial charge in [-0.2, -0.15) is 0 Å². The van der Waals surface area contributed by atoms with Gasteiger partial charge in [0.15, 0.2) is 0 Å². The molecule has 0 saturated carbocycles. The molecule has 184 valence electrons. The largest absolute Gasteiger partial charge is 1.00 e. The number of carbonyl (C=O) groups excluding carboxylic acids is 3. The number of carboxylic acid groups (broad SMARTS) is 4. The molecule has 1 saturated heterocycles. The van der Waals surface area contributed by atoms with Crippen LogP contribution >= 0.6 is 0 Å². The summed E-state index contributed by atoms with van der Waals surface area (Å²) in [5, 5.41) is 42.6. The molecule has 0 aromatic heterocycles. The van der Waals surface area contributed by atoms with Crippen LogP contribution in [0.3, 0.4) is 0 Å². The Kier molecular flexibility index (Phi) is 27.2. The van der Waals surface area contributed by atoms with Crippen LogP contribution in [0.25, 0.3) is 0 Å². The number of hydrogen-bond donors (Lipinski definition) is 1. The topological polar surface area (TPSA) is 201 Å². The maximum absolute atomic E-state index is 11.3. The summed E-state index contributed by atoms with van der Waals surface area (Å²) in [5.74, 6) is -6.92. The molecule has 17 heteroatoms. The molecule has 1 fully saturated rings. The Morgan fingerprint density at radius 2 is 0.800 bits per heavy atom. The second kappa shape index (κ2) is 23.7. The zero-order valence-electron chi connectivity index (χ0n) is 20.5. The molecule has 1 atom stereocenters. The third-order valence-electron chi connectivity index (χ3n) is 4.47. The van der Waals surface area contributed by atoms with Crippen molar-refractivity contribution in [2.45, 2.75) is 12.1 Å². The average molecular weight is 532 g/mol. The van der Waals surface area contributed by atoms with Gasteiger partial charge in [-0.15, -0.1) is 0 Å². The van der Waals surface area contributed by atoms with Crippen molar-refractivity contribution in [3.8, 4) is 0 Å². The fourth-order valence-electron chi connectivity index (χ4n) is 2.91. The zero-order chi connectivity index (χ0) is 23.9. The maximum Gasteiger partial charge on any atom is 1.00 e. The van der Waals surface area contributed by atoms with E-state index >= 15 is 0 Å². The van der Waals surface area contributed by atoms with Gasteiger partial charge in [0.05, 0.1) is 76.8 Å². The number of rotatable bonds is 6. The van der Waals surface area contributed by atoms with E-state index < -0.39 is 36.0 Å². The van der Waals surface area contributed by atoms with Crippen LogP contribution in [0, 0.1) is 0 Å². The number of hydrogen-bond acceptors (Lipinski definition) is 13. The summed E-state index contributed by atoms with van der Waals surface area (Å²) in [4.78, 5) is 47.0. The Morgan fingerprint density at radius 3 is 1.03 bits per heavy atom. The van der Waals surface area contributed by atoms with E-state index in [4.69, 9.17) is 24.1 Å². The molecule has 1 rings (SSSR count). The summed E-state index contributed by atoms with van der Waals surface area (Å²) >= 11 is 0. The van der Waals surface area contributed by atoms with Gasteiger partial charge in [-0.05, 0) is 0 Å². The first kappa shape index (κ1) is 40.1. The average Bonchev–Trinajstić information content (AvgIpc) is 2.69. The summed E-state index contributed by atoms with van der Waals surface area (Å²) in [6.07, 6.45) is 0. The van der Waals surface area contributed by atoms with Crippen LogP contribution in [-0.2, 0) is 38.1 Å². The summed E-state index contributed by atoms with van der Waals surface area (Å²) in [5.41, 5.74) is 0. The van der Waals surface area contributed by atoms with Crippen LogP contribution in [0.15, 0.2) is 0 Å². The normalized spacial score (nSPS) is 18.9. The Balaban J connectivity index is -0.00000341. The standard InChI is InChI=1S/C18H30N2O12.3Na/c21-15(22)13(16(23)24)19-1-5-29-9-10-31-7-3-20(14(17(25)26)18(27)28)4-8-32-12-11-30-6-2-19;;;/h13-14H,1-12H2,(H,21,22)(H,23,24)(H,25,26)(H,27,28);;;/q;3*+1/p-3. The van der Waals surface area contributed by atoms with E-state index in [9.17, 15) is 34.5 Å². The molecule has 0 radical (unpaired) electrons. The fraction of sp³-hybridized carbons (Fsp3) is 0.778. The van der Waals surface area contributed by atoms with Crippen molar-refractivity contribution >= 4 is 23.9 Å². The minimum absolute atomic E-state index is 0. The summed E-state index contributed by atoms with van der Waals surface area (Å²) in [6, 6.07) is -3.82. The Morgan fingerprint density at radius 1 is 0.543 bits per heavy atom. The van der Waals surface area contributed by atoms with Gasteiger partial charge in [0.2, 0.25) is 0 Å². The number of carboxylic acids is 4. The molecule has 0 aromatic rings. The first-order chi connectivity index (χ1) is 15.3. The summed E-state index contributed by atoms with van der Waals surface area (Å²) in [7, 11) is 0. The predicted octanol–water partition coefficient (Wildman–Crippen LogP) is -15.2. The van der Waals surface area contributed by atoms with Gasteiger partial charge in [-0.25, -0.2) is 0 Å². The summed E-state index contributed by atoms with van der Waals surface area (Å²) < 4.78 is 21.2. The van der Waals surface area contributed by atoms with Crippen molar-refractivity contribution in [2.75, 3.05) is 79.0 Å². The van der Waals surface area contributed by atoms with E-state index in [-0.39, 0.29) is 168 Å². The van der Waals surface area contributed by atoms with Gasteiger partial charge in [-0.1, -0.05) is 0 Å². The SMILES string of the molecule is O=C([O-])C(C(=O)[O-])N1CCOCCOCCN(C(C(=O)[O-])C(=O)O)CCOCCOCC1.[Na+].[Na+].[Na+]. The second-order valence-corrected chi connectivity index (χ2v) is 6.62. The molecule has 1 N–H and O–H groups in total. The number of aliphatic carboxylic acids is 4. The zero-order valence-corrected chi connectivity index (χ0v) is 26.5. The van der Waals surface area contributed by atoms with E-state index in [1.54, 1.807) is 0 Å². The van der Waals surface area contributed by atoms with E-state index in [1.165, 1.54) is 0 Å². The molecule has 1 aliphatic heterocycles. The molecule has 1 unspecified atom stereocenters. The van der Waals surface area contributed by atoms with Gasteiger partial charge in [0, 0.05) is 26.2 Å². The molecular formula is C18H27N2Na3O12. The molecule has 0 bridgehead atoms. The Labute approximate surface area is 269 Å². The third kappa shape index (κ3) is 17.0. The van der Waals surface area contributed by atoms with Crippen molar-refractivity contribution in [1.82, 2.24) is 9.80 Å². The molecule has 35 heavy (non-hydrogen) atoms. The molecule has 1 aliphatic rings. The van der Waals surface area contributed by atoms with Crippen LogP contribution in [0.1, 0.15) is 0 Å². The van der Waals surface area contributed by atoms with Crippen LogP contribution in [0.4, 0.5) is 0 Å². The van der Waals surface area contributed by atoms with Crippen molar-refractivity contribution in [2.24, 2.45) is 0 Å². The molecule has 1 heterocycles. The number of nitrogens with zero attached hydrogens (tertiary/aromatic N) is 2. The van der Waals surface area contributed by atoms with Crippen molar-refractivity contribution in [1.29, 1.82) is 0 Å². The molecule has 0 amide bonds. The van der Waals surface area contributed by atoms with Crippen LogP contribution < -0.4 is 104 Å². The number of ether oxygens (including phenoxy) is 4. The van der Waals surface area contributed by atoms with Crippen LogP contribution in [0.2, 0.25) is 0 Å². The van der Waals surface area contributed by atoms with Crippen molar-refractivity contribution < 1.29 is 147 Å². The van der Waals surface area contributed by atoms with Gasteiger partial charge in [0.25, 0.3) is 0 Å². The second-order valence-electron chi connectivity index (χ2n) is 6.62. The van der Waals surface area contributed by atoms with E-state index in [2.05, 4.69) is 0 Å². The Bertz CT molecular complexity index is 532. The third-order valence-corrected chi connectivity index (χ3v) is 4.47. The maximum atomic E-state index is 11.3.